The van der Waals surface area contributed by atoms with Crippen molar-refractivity contribution < 1.29 is 10.0 Å². The van der Waals surface area contributed by atoms with Crippen LogP contribution in [-0.4, -0.2) is 28.4 Å². The Labute approximate surface area is 53.4 Å². The minimum atomic E-state index is -0.586. The maximum absolute atomic E-state index is 10.6. The number of carbonyl (C=O) groups excluding carboxylic acids is 1. The van der Waals surface area contributed by atoms with E-state index in [4.69, 9.17) is 5.21 Å². The summed E-state index contributed by atoms with van der Waals surface area (Å²) < 4.78 is 0. The first-order valence-corrected chi connectivity index (χ1v) is 2.81. The Balaban J connectivity index is 2.73. The molecule has 1 rings (SSSR count). The lowest BCUT2D eigenvalue weighted by atomic mass is 10.3. The Morgan fingerprint density at radius 1 is 1.78 bits per heavy atom. The zero-order valence-electron chi connectivity index (χ0n) is 5.51. The van der Waals surface area contributed by atoms with E-state index in [1.165, 1.54) is 0 Å². The summed E-state index contributed by atoms with van der Waals surface area (Å²) in [5.74, 6) is -0.278. The van der Waals surface area contributed by atoms with Crippen LogP contribution in [0.4, 0.5) is 0 Å². The standard InChI is InChI=1S/C5H10N2O2/c1-5(2)6-3-4(8)7(5)9/h6,9H,3H2,1-2H3. The number of hydrogen-bond acceptors (Lipinski definition) is 3. The van der Waals surface area contributed by atoms with Crippen LogP contribution in [0.3, 0.4) is 0 Å². The molecule has 0 aromatic rings. The van der Waals surface area contributed by atoms with E-state index in [9.17, 15) is 4.79 Å². The molecule has 0 spiro atoms. The van der Waals surface area contributed by atoms with Crippen molar-refractivity contribution in [2.45, 2.75) is 19.5 Å². The summed E-state index contributed by atoms with van der Waals surface area (Å²) in [6.07, 6.45) is 0. The van der Waals surface area contributed by atoms with E-state index >= 15 is 0 Å². The van der Waals surface area contributed by atoms with Gasteiger partial charge in [0.15, 0.2) is 0 Å². The molecule has 0 saturated carbocycles. The van der Waals surface area contributed by atoms with Crippen molar-refractivity contribution in [3.63, 3.8) is 0 Å². The average Bonchev–Trinajstić information content (AvgIpc) is 1.97. The summed E-state index contributed by atoms with van der Waals surface area (Å²) in [7, 11) is 0. The Morgan fingerprint density at radius 2 is 2.33 bits per heavy atom. The third-order valence-corrected chi connectivity index (χ3v) is 1.44. The van der Waals surface area contributed by atoms with Crippen LogP contribution in [0.2, 0.25) is 0 Å². The third-order valence-electron chi connectivity index (χ3n) is 1.44. The summed E-state index contributed by atoms with van der Waals surface area (Å²) in [5.41, 5.74) is -0.586. The molecule has 4 heteroatoms. The second-order valence-corrected chi connectivity index (χ2v) is 2.62. The molecule has 0 bridgehead atoms. The molecular weight excluding hydrogens is 120 g/mol. The number of rotatable bonds is 0. The van der Waals surface area contributed by atoms with Gasteiger partial charge in [-0.15, -0.1) is 0 Å². The van der Waals surface area contributed by atoms with Crippen LogP contribution in [0.5, 0.6) is 0 Å². The Kier molecular flexibility index (Phi) is 1.22. The van der Waals surface area contributed by atoms with Gasteiger partial charge in [0.05, 0.1) is 6.54 Å². The highest BCUT2D eigenvalue weighted by Gasteiger charge is 2.35. The smallest absolute Gasteiger partial charge is 0.261 e. The summed E-state index contributed by atoms with van der Waals surface area (Å²) in [6, 6.07) is 0. The van der Waals surface area contributed by atoms with E-state index in [1.54, 1.807) is 13.8 Å². The first-order chi connectivity index (χ1) is 4.04. The number of hydroxylamine groups is 2. The molecular formula is C5H10N2O2. The van der Waals surface area contributed by atoms with E-state index in [2.05, 4.69) is 5.32 Å². The summed E-state index contributed by atoms with van der Waals surface area (Å²) in [6.45, 7) is 3.69. The number of carbonyl (C=O) groups is 1. The van der Waals surface area contributed by atoms with Gasteiger partial charge >= 0.3 is 0 Å². The van der Waals surface area contributed by atoms with E-state index in [0.29, 0.717) is 5.06 Å². The number of amides is 1. The molecule has 0 aromatic carbocycles. The topological polar surface area (TPSA) is 52.6 Å². The fourth-order valence-corrected chi connectivity index (χ4v) is 0.753. The predicted octanol–water partition coefficient (Wildman–Crippen LogP) is -0.457. The molecule has 0 atom stereocenters. The van der Waals surface area contributed by atoms with Crippen LogP contribution in [0, 0.1) is 0 Å². The Morgan fingerprint density at radius 3 is 2.44 bits per heavy atom. The molecule has 1 aliphatic heterocycles. The minimum absolute atomic E-state index is 0.226. The zero-order chi connectivity index (χ0) is 7.07. The van der Waals surface area contributed by atoms with Crippen LogP contribution in [-0.2, 0) is 4.79 Å². The molecule has 0 aromatic heterocycles. The SMILES string of the molecule is CC1(C)NCC(=O)N1O. The van der Waals surface area contributed by atoms with Crippen LogP contribution in [0.1, 0.15) is 13.8 Å². The highest BCUT2D eigenvalue weighted by atomic mass is 16.5. The molecule has 1 saturated heterocycles. The van der Waals surface area contributed by atoms with Crippen LogP contribution in [0.25, 0.3) is 0 Å². The monoisotopic (exact) mass is 130 g/mol. The lowest BCUT2D eigenvalue weighted by molar-refractivity contribution is -0.176. The van der Waals surface area contributed by atoms with E-state index in [1.807, 2.05) is 0 Å². The molecule has 1 aliphatic rings. The fraction of sp³-hybridized carbons (Fsp3) is 0.800. The van der Waals surface area contributed by atoms with Crippen molar-refractivity contribution in [2.75, 3.05) is 6.54 Å². The van der Waals surface area contributed by atoms with Gasteiger partial charge in [0.2, 0.25) is 0 Å². The Hall–Kier alpha value is -0.610. The number of hydrogen-bond donors (Lipinski definition) is 2. The molecule has 0 radical (unpaired) electrons. The van der Waals surface area contributed by atoms with Crippen molar-refractivity contribution in [3.8, 4) is 0 Å². The maximum Gasteiger partial charge on any atom is 0.261 e. The number of nitrogens with one attached hydrogen (secondary N) is 1. The van der Waals surface area contributed by atoms with Crippen molar-refractivity contribution >= 4 is 5.91 Å². The van der Waals surface area contributed by atoms with Gasteiger partial charge in [-0.25, -0.2) is 5.06 Å². The largest absolute Gasteiger partial charge is 0.284 e. The lowest BCUT2D eigenvalue weighted by Crippen LogP contribution is -2.44. The third kappa shape index (κ3) is 0.906. The summed E-state index contributed by atoms with van der Waals surface area (Å²) in [5, 5.41) is 12.5. The zero-order valence-corrected chi connectivity index (χ0v) is 5.51. The molecule has 52 valence electrons. The fourth-order valence-electron chi connectivity index (χ4n) is 0.753. The van der Waals surface area contributed by atoms with Gasteiger partial charge in [0.1, 0.15) is 5.66 Å². The van der Waals surface area contributed by atoms with E-state index in [0.717, 1.165) is 0 Å². The second-order valence-electron chi connectivity index (χ2n) is 2.62. The van der Waals surface area contributed by atoms with Crippen LogP contribution >= 0.6 is 0 Å². The van der Waals surface area contributed by atoms with Crippen molar-refractivity contribution in [3.05, 3.63) is 0 Å². The van der Waals surface area contributed by atoms with Crippen LogP contribution in [0.15, 0.2) is 0 Å². The van der Waals surface area contributed by atoms with Gasteiger partial charge in [-0.2, -0.15) is 0 Å². The summed E-state index contributed by atoms with van der Waals surface area (Å²) in [4.78, 5) is 10.6. The van der Waals surface area contributed by atoms with Gasteiger partial charge in [-0.3, -0.25) is 15.3 Å². The van der Waals surface area contributed by atoms with Crippen molar-refractivity contribution in [1.82, 2.24) is 10.4 Å². The van der Waals surface area contributed by atoms with Gasteiger partial charge in [0, 0.05) is 0 Å². The highest BCUT2D eigenvalue weighted by molar-refractivity contribution is 5.79. The van der Waals surface area contributed by atoms with Crippen molar-refractivity contribution in [1.29, 1.82) is 0 Å². The average molecular weight is 130 g/mol. The minimum Gasteiger partial charge on any atom is -0.284 e. The molecule has 4 nitrogen and oxygen atoms in total. The molecule has 1 amide bonds. The molecule has 2 N–H and O–H groups in total. The molecule has 0 aliphatic carbocycles. The predicted molar refractivity (Wildman–Crippen MR) is 30.7 cm³/mol. The van der Waals surface area contributed by atoms with Crippen LogP contribution < -0.4 is 5.32 Å². The van der Waals surface area contributed by atoms with Gasteiger partial charge < -0.3 is 0 Å². The second kappa shape index (κ2) is 1.68. The maximum atomic E-state index is 10.6. The van der Waals surface area contributed by atoms with Crippen molar-refractivity contribution in [2.24, 2.45) is 0 Å². The number of nitrogens with zero attached hydrogens (tertiary/aromatic N) is 1. The van der Waals surface area contributed by atoms with Gasteiger partial charge in [-0.1, -0.05) is 0 Å². The molecule has 0 unspecified atom stereocenters. The van der Waals surface area contributed by atoms with E-state index in [-0.39, 0.29) is 12.5 Å². The summed E-state index contributed by atoms with van der Waals surface area (Å²) >= 11 is 0. The van der Waals surface area contributed by atoms with E-state index < -0.39 is 5.66 Å². The Bertz CT molecular complexity index is 144. The molecule has 9 heavy (non-hydrogen) atoms. The van der Waals surface area contributed by atoms with Gasteiger partial charge in [0.25, 0.3) is 5.91 Å². The quantitative estimate of drug-likeness (QED) is 0.436. The lowest BCUT2D eigenvalue weighted by Gasteiger charge is -2.24. The molecule has 1 fully saturated rings. The first-order valence-electron chi connectivity index (χ1n) is 2.81. The van der Waals surface area contributed by atoms with Gasteiger partial charge in [-0.05, 0) is 13.8 Å². The molecule has 1 heterocycles. The highest BCUT2D eigenvalue weighted by Crippen LogP contribution is 2.12. The normalized spacial score (nSPS) is 25.2. The first kappa shape index (κ1) is 6.51.